The second kappa shape index (κ2) is 10.3. The third kappa shape index (κ3) is 5.22. The van der Waals surface area contributed by atoms with Crippen LogP contribution < -0.4 is 10.6 Å². The molecule has 8 nitrogen and oxygen atoms in total. The Labute approximate surface area is 207 Å². The van der Waals surface area contributed by atoms with Crippen LogP contribution in [0.4, 0.5) is 5.69 Å². The molecule has 1 heterocycles. The van der Waals surface area contributed by atoms with E-state index in [4.69, 9.17) is 16.7 Å². The summed E-state index contributed by atoms with van der Waals surface area (Å²) in [7, 11) is 0. The number of nitrogens with one attached hydrogen (secondary N) is 2. The molecule has 0 saturated heterocycles. The number of nitrogens with zero attached hydrogens (tertiary/aromatic N) is 1. The fourth-order valence-electron chi connectivity index (χ4n) is 4.38. The van der Waals surface area contributed by atoms with Gasteiger partial charge >= 0.3 is 5.97 Å². The minimum absolute atomic E-state index is 0.0291. The maximum absolute atomic E-state index is 13.1. The number of halogens is 1. The number of anilines is 1. The second-order valence-electron chi connectivity index (χ2n) is 8.80. The van der Waals surface area contributed by atoms with Crippen LogP contribution in [-0.4, -0.2) is 39.7 Å². The van der Waals surface area contributed by atoms with Gasteiger partial charge in [0, 0.05) is 23.8 Å². The zero-order chi connectivity index (χ0) is 25.1. The fourth-order valence-corrected chi connectivity index (χ4v) is 4.60. The van der Waals surface area contributed by atoms with Gasteiger partial charge in [0.15, 0.2) is 0 Å². The molecule has 0 atom stereocenters. The third-order valence-corrected chi connectivity index (χ3v) is 6.76. The summed E-state index contributed by atoms with van der Waals surface area (Å²) in [5.41, 5.74) is 2.59. The molecule has 1 aliphatic heterocycles. The number of aryl methyl sites for hydroxylation is 1. The van der Waals surface area contributed by atoms with Gasteiger partial charge in [0.2, 0.25) is 0 Å². The smallest absolute Gasteiger partial charge is 0.335 e. The van der Waals surface area contributed by atoms with Gasteiger partial charge in [-0.1, -0.05) is 49.1 Å². The topological polar surface area (TPSA) is 116 Å². The lowest BCUT2D eigenvalue weighted by Gasteiger charge is -2.29. The van der Waals surface area contributed by atoms with Gasteiger partial charge in [0.1, 0.15) is 10.7 Å². The lowest BCUT2D eigenvalue weighted by atomic mass is 9.94. The number of rotatable bonds is 7. The molecule has 182 valence electrons. The lowest BCUT2D eigenvalue weighted by Crippen LogP contribution is -2.42. The highest BCUT2D eigenvalue weighted by molar-refractivity contribution is 6.48. The lowest BCUT2D eigenvalue weighted by molar-refractivity contribution is -0.140. The maximum atomic E-state index is 13.1. The molecule has 9 heteroatoms. The molecule has 0 aromatic heterocycles. The number of imide groups is 1. The van der Waals surface area contributed by atoms with Crippen molar-refractivity contribution in [1.29, 1.82) is 0 Å². The third-order valence-electron chi connectivity index (χ3n) is 6.41. The number of aromatic carboxylic acids is 1. The molecule has 2 aromatic rings. The second-order valence-corrected chi connectivity index (χ2v) is 9.18. The predicted molar refractivity (Wildman–Crippen MR) is 131 cm³/mol. The highest BCUT2D eigenvalue weighted by Gasteiger charge is 2.42. The molecule has 35 heavy (non-hydrogen) atoms. The first-order chi connectivity index (χ1) is 16.8. The van der Waals surface area contributed by atoms with Gasteiger partial charge in [-0.05, 0) is 55.2 Å². The molecule has 0 unspecified atom stereocenters. The van der Waals surface area contributed by atoms with E-state index in [0.717, 1.165) is 43.2 Å². The van der Waals surface area contributed by atoms with E-state index in [9.17, 15) is 19.2 Å². The summed E-state index contributed by atoms with van der Waals surface area (Å²) in [6, 6.07) is 11.1. The van der Waals surface area contributed by atoms with Crippen molar-refractivity contribution in [2.24, 2.45) is 0 Å². The fraction of sp³-hybridized carbons (Fsp3) is 0.308. The van der Waals surface area contributed by atoms with Crippen molar-refractivity contribution in [1.82, 2.24) is 10.2 Å². The van der Waals surface area contributed by atoms with E-state index in [1.165, 1.54) is 17.0 Å². The van der Waals surface area contributed by atoms with Gasteiger partial charge in [-0.3, -0.25) is 19.3 Å². The molecular weight excluding hydrogens is 470 g/mol. The summed E-state index contributed by atoms with van der Waals surface area (Å²) in [5, 5.41) is 14.6. The van der Waals surface area contributed by atoms with Crippen molar-refractivity contribution in [3.63, 3.8) is 0 Å². The molecule has 0 radical (unpaired) electrons. The number of benzene rings is 2. The van der Waals surface area contributed by atoms with Crippen LogP contribution >= 0.6 is 11.6 Å². The van der Waals surface area contributed by atoms with E-state index in [0.29, 0.717) is 11.3 Å². The summed E-state index contributed by atoms with van der Waals surface area (Å²) in [6.07, 6.45) is 4.61. The van der Waals surface area contributed by atoms with Crippen molar-refractivity contribution < 1.29 is 24.3 Å². The number of carboxylic acid groups (broad SMARTS) is 1. The summed E-state index contributed by atoms with van der Waals surface area (Å²) < 4.78 is 0. The van der Waals surface area contributed by atoms with Crippen molar-refractivity contribution in [2.75, 3.05) is 5.32 Å². The molecule has 4 rings (SSSR count). The minimum atomic E-state index is -1.01. The van der Waals surface area contributed by atoms with Gasteiger partial charge in [0.05, 0.1) is 5.56 Å². The monoisotopic (exact) mass is 495 g/mol. The van der Waals surface area contributed by atoms with Crippen LogP contribution in [0.15, 0.2) is 53.2 Å². The van der Waals surface area contributed by atoms with Crippen LogP contribution in [0.25, 0.3) is 0 Å². The Hall–Kier alpha value is -3.65. The predicted octanol–water partition coefficient (Wildman–Crippen LogP) is 4.19. The van der Waals surface area contributed by atoms with Crippen LogP contribution in [-0.2, 0) is 16.1 Å². The molecule has 0 bridgehead atoms. The number of carbonyl (C=O) groups excluding carboxylic acids is 3. The maximum Gasteiger partial charge on any atom is 0.335 e. The zero-order valence-corrected chi connectivity index (χ0v) is 20.0. The van der Waals surface area contributed by atoms with Gasteiger partial charge in [-0.25, -0.2) is 4.79 Å². The number of carboxylic acids is 1. The number of carbonyl (C=O) groups is 4. The Balaban J connectivity index is 1.46. The molecule has 2 aromatic carbocycles. The number of hydrogen-bond acceptors (Lipinski definition) is 5. The van der Waals surface area contributed by atoms with Crippen molar-refractivity contribution >= 4 is 41.0 Å². The highest BCUT2D eigenvalue weighted by atomic mass is 35.5. The zero-order valence-electron chi connectivity index (χ0n) is 19.3. The molecule has 1 saturated carbocycles. The minimum Gasteiger partial charge on any atom is -0.478 e. The number of hydrogen-bond donors (Lipinski definition) is 3. The summed E-state index contributed by atoms with van der Waals surface area (Å²) in [6.45, 7) is 2.04. The molecule has 0 spiro atoms. The van der Waals surface area contributed by atoms with Crippen molar-refractivity contribution in [2.45, 2.75) is 51.6 Å². The standard InChI is InChI=1S/C26H26ClN3O5/c1-15-7-10-18(23(31)28-14-16-8-11-17(12-9-16)26(34)35)13-20(15)29-22-21(27)24(32)30(25(22)33)19-5-3-2-4-6-19/h7-13,19,29H,2-6,14H2,1H3,(H,28,31)(H,34,35). The normalized spacial score (nSPS) is 16.6. The van der Waals surface area contributed by atoms with E-state index >= 15 is 0 Å². The Morgan fingerprint density at radius 3 is 2.31 bits per heavy atom. The average molecular weight is 496 g/mol. The van der Waals surface area contributed by atoms with E-state index in [2.05, 4.69) is 10.6 Å². The first-order valence-electron chi connectivity index (χ1n) is 11.5. The van der Waals surface area contributed by atoms with Gasteiger partial charge in [0.25, 0.3) is 17.7 Å². The quantitative estimate of drug-likeness (QED) is 0.496. The first-order valence-corrected chi connectivity index (χ1v) is 11.9. The molecular formula is C26H26ClN3O5. The Kier molecular flexibility index (Phi) is 7.21. The first kappa shape index (κ1) is 24.5. The van der Waals surface area contributed by atoms with E-state index in [1.807, 2.05) is 6.92 Å². The molecule has 1 aliphatic carbocycles. The van der Waals surface area contributed by atoms with Gasteiger partial charge in [-0.2, -0.15) is 0 Å². The molecule has 3 N–H and O–H groups in total. The molecule has 2 aliphatic rings. The Morgan fingerprint density at radius 1 is 1.00 bits per heavy atom. The molecule has 1 fully saturated rings. The van der Waals surface area contributed by atoms with E-state index < -0.39 is 17.8 Å². The summed E-state index contributed by atoms with van der Waals surface area (Å²) in [5.74, 6) is -2.27. The van der Waals surface area contributed by atoms with Crippen molar-refractivity contribution in [3.05, 3.63) is 75.4 Å². The van der Waals surface area contributed by atoms with Crippen LogP contribution in [0.1, 0.15) is 63.9 Å². The highest BCUT2D eigenvalue weighted by Crippen LogP contribution is 2.33. The van der Waals surface area contributed by atoms with Crippen LogP contribution in [0.2, 0.25) is 0 Å². The van der Waals surface area contributed by atoms with Gasteiger partial charge in [-0.15, -0.1) is 0 Å². The van der Waals surface area contributed by atoms with Crippen LogP contribution in [0.5, 0.6) is 0 Å². The Morgan fingerprint density at radius 2 is 1.66 bits per heavy atom. The Bertz CT molecular complexity index is 1220. The van der Waals surface area contributed by atoms with E-state index in [-0.39, 0.29) is 34.8 Å². The van der Waals surface area contributed by atoms with E-state index in [1.54, 1.807) is 30.3 Å². The van der Waals surface area contributed by atoms with Gasteiger partial charge < -0.3 is 15.7 Å². The average Bonchev–Trinajstić information content (AvgIpc) is 3.07. The van der Waals surface area contributed by atoms with Crippen LogP contribution in [0, 0.1) is 6.92 Å². The SMILES string of the molecule is Cc1ccc(C(=O)NCc2ccc(C(=O)O)cc2)cc1NC1=C(Cl)C(=O)N(C2CCCCC2)C1=O. The van der Waals surface area contributed by atoms with Crippen LogP contribution in [0.3, 0.4) is 0 Å². The summed E-state index contributed by atoms with van der Waals surface area (Å²) >= 11 is 6.28. The van der Waals surface area contributed by atoms with Crippen molar-refractivity contribution in [3.8, 4) is 0 Å². The largest absolute Gasteiger partial charge is 0.478 e. The molecule has 3 amide bonds. The number of amides is 3. The summed E-state index contributed by atoms with van der Waals surface area (Å²) in [4.78, 5) is 50.8.